The average molecular weight is 285 g/mol. The van der Waals surface area contributed by atoms with Crippen molar-refractivity contribution in [2.24, 2.45) is 11.3 Å². The van der Waals surface area contributed by atoms with Crippen LogP contribution in [0.4, 0.5) is 0 Å². The molecular formula is C15H27NO4. The van der Waals surface area contributed by atoms with Gasteiger partial charge in [0.15, 0.2) is 0 Å². The monoisotopic (exact) mass is 285 g/mol. The number of nitrogens with zero attached hydrogens (tertiary/aromatic N) is 1. The van der Waals surface area contributed by atoms with Crippen molar-refractivity contribution in [1.29, 1.82) is 0 Å². The summed E-state index contributed by atoms with van der Waals surface area (Å²) in [6.07, 6.45) is 1.17. The van der Waals surface area contributed by atoms with Gasteiger partial charge in [-0.1, -0.05) is 20.8 Å². The summed E-state index contributed by atoms with van der Waals surface area (Å²) in [4.78, 5) is 25.8. The molecule has 3 atom stereocenters. The lowest BCUT2D eigenvalue weighted by Gasteiger charge is -2.33. The van der Waals surface area contributed by atoms with E-state index < -0.39 is 5.41 Å². The third-order valence-electron chi connectivity index (χ3n) is 4.27. The van der Waals surface area contributed by atoms with Gasteiger partial charge in [0.2, 0.25) is 5.91 Å². The molecule has 1 aliphatic heterocycles. The minimum atomic E-state index is -0.610. The maximum atomic E-state index is 12.7. The zero-order valence-electron chi connectivity index (χ0n) is 13.2. The Morgan fingerprint density at radius 2 is 2.05 bits per heavy atom. The van der Waals surface area contributed by atoms with E-state index in [2.05, 4.69) is 0 Å². The Kier molecular flexibility index (Phi) is 5.71. The van der Waals surface area contributed by atoms with Crippen LogP contribution in [0.25, 0.3) is 0 Å². The Morgan fingerprint density at radius 1 is 1.45 bits per heavy atom. The normalized spacial score (nSPS) is 24.8. The molecule has 1 aliphatic rings. The summed E-state index contributed by atoms with van der Waals surface area (Å²) in [7, 11) is 1.62. The van der Waals surface area contributed by atoms with Crippen LogP contribution < -0.4 is 0 Å². The molecule has 20 heavy (non-hydrogen) atoms. The number of hydrogen-bond acceptors (Lipinski definition) is 4. The molecule has 0 aromatic carbocycles. The highest BCUT2D eigenvalue weighted by atomic mass is 16.5. The van der Waals surface area contributed by atoms with E-state index in [1.807, 2.05) is 20.8 Å². The lowest BCUT2D eigenvalue weighted by Crippen LogP contribution is -2.46. The molecule has 1 unspecified atom stereocenters. The summed E-state index contributed by atoms with van der Waals surface area (Å²) < 4.78 is 5.30. The lowest BCUT2D eigenvalue weighted by atomic mass is 9.80. The van der Waals surface area contributed by atoms with Crippen LogP contribution >= 0.6 is 0 Å². The van der Waals surface area contributed by atoms with Crippen LogP contribution in [0, 0.1) is 11.3 Å². The summed E-state index contributed by atoms with van der Waals surface area (Å²) in [6, 6.07) is -0.181. The molecule has 5 nitrogen and oxygen atoms in total. The van der Waals surface area contributed by atoms with Crippen molar-refractivity contribution < 1.29 is 19.4 Å². The van der Waals surface area contributed by atoms with Crippen molar-refractivity contribution in [3.8, 4) is 0 Å². The maximum absolute atomic E-state index is 12.7. The van der Waals surface area contributed by atoms with Crippen LogP contribution in [0.15, 0.2) is 0 Å². The second-order valence-electron chi connectivity index (χ2n) is 6.49. The van der Waals surface area contributed by atoms with Crippen molar-refractivity contribution in [3.05, 3.63) is 0 Å². The van der Waals surface area contributed by atoms with Crippen molar-refractivity contribution in [2.45, 2.75) is 52.7 Å². The number of amides is 1. The van der Waals surface area contributed by atoms with E-state index in [1.54, 1.807) is 18.9 Å². The Hall–Kier alpha value is -0.940. The molecular weight excluding hydrogens is 258 g/mol. The van der Waals surface area contributed by atoms with Gasteiger partial charge < -0.3 is 14.7 Å². The standard InChI is InChI=1S/C15H27NO4/c1-10(11(2)18)7-15(3,4)14(19)16-8-13(20-5)6-12(16)9-17/h10,12-13,17H,6-9H2,1-5H3/t10?,12-,13+/m1/s1. The SMILES string of the molecule is CO[C@H]1C[C@H](CO)N(C(=O)C(C)(C)CC(C)C(C)=O)C1. The molecule has 0 aliphatic carbocycles. The summed E-state index contributed by atoms with van der Waals surface area (Å²) >= 11 is 0. The minimum Gasteiger partial charge on any atom is -0.394 e. The number of ketones is 1. The lowest BCUT2D eigenvalue weighted by molar-refractivity contribution is -0.143. The van der Waals surface area contributed by atoms with Crippen LogP contribution in [-0.4, -0.2) is 54.1 Å². The fourth-order valence-corrected chi connectivity index (χ4v) is 2.85. The highest BCUT2D eigenvalue weighted by molar-refractivity contribution is 5.84. The third-order valence-corrected chi connectivity index (χ3v) is 4.27. The smallest absolute Gasteiger partial charge is 0.228 e. The average Bonchev–Trinajstić information content (AvgIpc) is 2.80. The van der Waals surface area contributed by atoms with Gasteiger partial charge >= 0.3 is 0 Å². The van der Waals surface area contributed by atoms with E-state index in [9.17, 15) is 14.7 Å². The van der Waals surface area contributed by atoms with Gasteiger partial charge in [0.25, 0.3) is 0 Å². The molecule has 1 heterocycles. The van der Waals surface area contributed by atoms with Gasteiger partial charge in [-0.05, 0) is 19.8 Å². The van der Waals surface area contributed by atoms with E-state index in [-0.39, 0.29) is 36.4 Å². The van der Waals surface area contributed by atoms with E-state index in [0.29, 0.717) is 19.4 Å². The molecule has 1 rings (SSSR count). The number of carbonyl (C=O) groups excluding carboxylic acids is 2. The number of ether oxygens (including phenoxy) is 1. The fraction of sp³-hybridized carbons (Fsp3) is 0.867. The molecule has 1 fully saturated rings. The number of Topliss-reactive ketones (excluding diaryl/α,β-unsaturated/α-hetero) is 1. The highest BCUT2D eigenvalue weighted by Crippen LogP contribution is 2.32. The number of likely N-dealkylation sites (tertiary alicyclic amines) is 1. The minimum absolute atomic E-state index is 0.01000. The zero-order chi connectivity index (χ0) is 15.5. The van der Waals surface area contributed by atoms with Crippen LogP contribution in [-0.2, 0) is 14.3 Å². The van der Waals surface area contributed by atoms with Crippen molar-refractivity contribution in [2.75, 3.05) is 20.3 Å². The number of aliphatic hydroxyl groups is 1. The summed E-state index contributed by atoms with van der Waals surface area (Å²) in [5.41, 5.74) is -0.610. The van der Waals surface area contributed by atoms with E-state index in [4.69, 9.17) is 4.74 Å². The van der Waals surface area contributed by atoms with E-state index >= 15 is 0 Å². The molecule has 0 saturated carbocycles. The molecule has 5 heteroatoms. The molecule has 0 aromatic rings. The Bertz CT molecular complexity index is 367. The first kappa shape index (κ1) is 17.1. The van der Waals surface area contributed by atoms with Gasteiger partial charge in [-0.2, -0.15) is 0 Å². The number of aliphatic hydroxyl groups excluding tert-OH is 1. The predicted octanol–water partition coefficient (Wildman–Crippen LogP) is 1.24. The first-order chi connectivity index (χ1) is 9.22. The molecule has 0 aromatic heterocycles. The van der Waals surface area contributed by atoms with Gasteiger partial charge in [-0.25, -0.2) is 0 Å². The molecule has 1 amide bonds. The summed E-state index contributed by atoms with van der Waals surface area (Å²) in [6.45, 7) is 7.59. The second kappa shape index (κ2) is 6.68. The quantitative estimate of drug-likeness (QED) is 0.797. The first-order valence-electron chi connectivity index (χ1n) is 7.18. The Balaban J connectivity index is 2.79. The summed E-state index contributed by atoms with van der Waals surface area (Å²) in [5, 5.41) is 9.43. The predicted molar refractivity (Wildman–Crippen MR) is 76.2 cm³/mol. The molecule has 1 saturated heterocycles. The largest absolute Gasteiger partial charge is 0.394 e. The molecule has 116 valence electrons. The van der Waals surface area contributed by atoms with Gasteiger partial charge in [0, 0.05) is 25.0 Å². The van der Waals surface area contributed by atoms with Gasteiger partial charge in [0.05, 0.1) is 18.8 Å². The van der Waals surface area contributed by atoms with Crippen LogP contribution in [0.5, 0.6) is 0 Å². The van der Waals surface area contributed by atoms with Crippen molar-refractivity contribution >= 4 is 11.7 Å². The number of rotatable bonds is 6. The van der Waals surface area contributed by atoms with E-state index in [0.717, 1.165) is 0 Å². The van der Waals surface area contributed by atoms with E-state index in [1.165, 1.54) is 0 Å². The van der Waals surface area contributed by atoms with Gasteiger partial charge in [0.1, 0.15) is 5.78 Å². The van der Waals surface area contributed by atoms with Crippen LogP contribution in [0.1, 0.15) is 40.5 Å². The zero-order valence-corrected chi connectivity index (χ0v) is 13.2. The number of hydrogen-bond donors (Lipinski definition) is 1. The number of carbonyl (C=O) groups is 2. The van der Waals surface area contributed by atoms with Crippen molar-refractivity contribution in [1.82, 2.24) is 4.90 Å². The summed E-state index contributed by atoms with van der Waals surface area (Å²) in [5.74, 6) is -0.0488. The first-order valence-corrected chi connectivity index (χ1v) is 7.18. The fourth-order valence-electron chi connectivity index (χ4n) is 2.85. The second-order valence-corrected chi connectivity index (χ2v) is 6.49. The van der Waals surface area contributed by atoms with Crippen LogP contribution in [0.2, 0.25) is 0 Å². The molecule has 0 radical (unpaired) electrons. The highest BCUT2D eigenvalue weighted by Gasteiger charge is 2.41. The third kappa shape index (κ3) is 3.79. The van der Waals surface area contributed by atoms with Crippen LogP contribution in [0.3, 0.4) is 0 Å². The Labute approximate surface area is 121 Å². The molecule has 1 N–H and O–H groups in total. The molecule has 0 bridgehead atoms. The van der Waals surface area contributed by atoms with Crippen molar-refractivity contribution in [3.63, 3.8) is 0 Å². The maximum Gasteiger partial charge on any atom is 0.228 e. The Morgan fingerprint density at radius 3 is 2.50 bits per heavy atom. The van der Waals surface area contributed by atoms with Gasteiger partial charge in [-0.3, -0.25) is 9.59 Å². The topological polar surface area (TPSA) is 66.8 Å². The van der Waals surface area contributed by atoms with Gasteiger partial charge in [-0.15, -0.1) is 0 Å². The molecule has 0 spiro atoms. The number of methoxy groups -OCH3 is 1.